The topological polar surface area (TPSA) is 49.9 Å². The predicted molar refractivity (Wildman–Crippen MR) is 90.1 cm³/mol. The molecule has 0 atom stereocenters. The maximum absolute atomic E-state index is 12.6. The normalized spacial score (nSPS) is 15.4. The molecule has 1 aliphatic rings. The average Bonchev–Trinajstić information content (AvgIpc) is 2.80. The van der Waals surface area contributed by atoms with Gasteiger partial charge in [-0.05, 0) is 24.6 Å². The zero-order chi connectivity index (χ0) is 16.8. The van der Waals surface area contributed by atoms with Crippen molar-refractivity contribution in [2.45, 2.75) is 12.8 Å². The molecule has 0 unspecified atom stereocenters. The molecule has 1 fully saturated rings. The van der Waals surface area contributed by atoms with Crippen LogP contribution in [0.1, 0.15) is 23.2 Å². The fourth-order valence-corrected chi connectivity index (χ4v) is 2.92. The summed E-state index contributed by atoms with van der Waals surface area (Å²) in [6.45, 7) is 2.66. The number of carbonyl (C=O) groups is 2. The maximum atomic E-state index is 12.6. The van der Waals surface area contributed by atoms with Crippen LogP contribution >= 0.6 is 23.2 Å². The molecule has 1 saturated heterocycles. The number of benzene rings is 1. The van der Waals surface area contributed by atoms with Crippen LogP contribution in [0.5, 0.6) is 0 Å². The summed E-state index contributed by atoms with van der Waals surface area (Å²) >= 11 is 12.1. The molecular weight excluding hydrogens is 339 g/mol. The van der Waals surface area contributed by atoms with Crippen LogP contribution in [0.15, 0.2) is 18.2 Å². The molecule has 0 saturated carbocycles. The van der Waals surface area contributed by atoms with Crippen LogP contribution in [0.3, 0.4) is 0 Å². The minimum Gasteiger partial charge on any atom is -0.384 e. The van der Waals surface area contributed by atoms with Gasteiger partial charge in [-0.1, -0.05) is 23.2 Å². The first-order valence-electron chi connectivity index (χ1n) is 7.54. The van der Waals surface area contributed by atoms with Crippen molar-refractivity contribution in [3.8, 4) is 0 Å². The van der Waals surface area contributed by atoms with Crippen LogP contribution in [0.25, 0.3) is 0 Å². The first kappa shape index (κ1) is 18.0. The van der Waals surface area contributed by atoms with Gasteiger partial charge in [0.25, 0.3) is 5.91 Å². The summed E-state index contributed by atoms with van der Waals surface area (Å²) in [6, 6.07) is 4.85. The van der Waals surface area contributed by atoms with E-state index in [-0.39, 0.29) is 11.8 Å². The van der Waals surface area contributed by atoms with Crippen molar-refractivity contribution in [3.05, 3.63) is 33.8 Å². The van der Waals surface area contributed by atoms with Crippen LogP contribution in [0, 0.1) is 0 Å². The van der Waals surface area contributed by atoms with Gasteiger partial charge in [0.2, 0.25) is 5.91 Å². The summed E-state index contributed by atoms with van der Waals surface area (Å²) in [6.07, 6.45) is 1.10. The molecule has 1 aromatic carbocycles. The summed E-state index contributed by atoms with van der Waals surface area (Å²) in [5.74, 6) is -0.0920. The van der Waals surface area contributed by atoms with Gasteiger partial charge in [0.1, 0.15) is 0 Å². The van der Waals surface area contributed by atoms with E-state index in [1.54, 1.807) is 35.1 Å². The highest BCUT2D eigenvalue weighted by Gasteiger charge is 2.24. The van der Waals surface area contributed by atoms with E-state index in [0.29, 0.717) is 54.8 Å². The molecule has 2 rings (SSSR count). The van der Waals surface area contributed by atoms with Crippen molar-refractivity contribution in [1.29, 1.82) is 0 Å². The Bertz CT molecular complexity index is 580. The molecule has 1 aromatic rings. The van der Waals surface area contributed by atoms with Gasteiger partial charge in [0, 0.05) is 38.3 Å². The number of nitrogens with zero attached hydrogens (tertiary/aromatic N) is 2. The van der Waals surface area contributed by atoms with E-state index in [2.05, 4.69) is 0 Å². The van der Waals surface area contributed by atoms with Gasteiger partial charge in [-0.2, -0.15) is 0 Å². The Morgan fingerprint density at radius 1 is 1.13 bits per heavy atom. The Hall–Kier alpha value is -1.30. The molecule has 1 heterocycles. The number of halogens is 2. The van der Waals surface area contributed by atoms with Crippen LogP contribution < -0.4 is 0 Å². The van der Waals surface area contributed by atoms with Crippen LogP contribution in [-0.2, 0) is 9.53 Å². The monoisotopic (exact) mass is 358 g/mol. The first-order valence-corrected chi connectivity index (χ1v) is 8.29. The number of hydrogen-bond acceptors (Lipinski definition) is 3. The lowest BCUT2D eigenvalue weighted by molar-refractivity contribution is -0.132. The second kappa shape index (κ2) is 8.52. The van der Waals surface area contributed by atoms with Gasteiger partial charge < -0.3 is 14.5 Å². The SMILES string of the molecule is COCCC(=O)N1CCCN(C(=O)c2cc(Cl)ccc2Cl)CC1. The van der Waals surface area contributed by atoms with Crippen molar-refractivity contribution in [2.75, 3.05) is 39.9 Å². The van der Waals surface area contributed by atoms with Crippen molar-refractivity contribution in [3.63, 3.8) is 0 Å². The van der Waals surface area contributed by atoms with Gasteiger partial charge >= 0.3 is 0 Å². The molecule has 2 amide bonds. The molecule has 1 aliphatic heterocycles. The minimum absolute atomic E-state index is 0.0573. The van der Waals surface area contributed by atoms with Crippen molar-refractivity contribution >= 4 is 35.0 Å². The second-order valence-corrected chi connectivity index (χ2v) is 6.24. The molecule has 0 spiro atoms. The zero-order valence-electron chi connectivity index (χ0n) is 13.1. The predicted octanol–water partition coefficient (Wildman–Crippen LogP) is 2.70. The molecular formula is C16H20Cl2N2O3. The average molecular weight is 359 g/mol. The smallest absolute Gasteiger partial charge is 0.255 e. The number of methoxy groups -OCH3 is 1. The molecule has 5 nitrogen and oxygen atoms in total. The summed E-state index contributed by atoms with van der Waals surface area (Å²) in [7, 11) is 1.57. The highest BCUT2D eigenvalue weighted by atomic mass is 35.5. The van der Waals surface area contributed by atoms with Crippen molar-refractivity contribution in [2.24, 2.45) is 0 Å². The largest absolute Gasteiger partial charge is 0.384 e. The Morgan fingerprint density at radius 3 is 2.57 bits per heavy atom. The van der Waals surface area contributed by atoms with Crippen molar-refractivity contribution < 1.29 is 14.3 Å². The zero-order valence-corrected chi connectivity index (χ0v) is 14.6. The molecule has 0 radical (unpaired) electrons. The molecule has 23 heavy (non-hydrogen) atoms. The van der Waals surface area contributed by atoms with E-state index in [4.69, 9.17) is 27.9 Å². The molecule has 0 N–H and O–H groups in total. The number of ether oxygens (including phenoxy) is 1. The molecule has 0 aliphatic carbocycles. The van der Waals surface area contributed by atoms with Gasteiger partial charge in [0.05, 0.1) is 23.6 Å². The number of hydrogen-bond donors (Lipinski definition) is 0. The lowest BCUT2D eigenvalue weighted by Crippen LogP contribution is -2.37. The molecule has 0 aromatic heterocycles. The molecule has 0 bridgehead atoms. The summed E-state index contributed by atoms with van der Waals surface area (Å²) in [5, 5.41) is 0.862. The summed E-state index contributed by atoms with van der Waals surface area (Å²) in [4.78, 5) is 28.2. The third-order valence-corrected chi connectivity index (χ3v) is 4.38. The highest BCUT2D eigenvalue weighted by molar-refractivity contribution is 6.35. The number of amides is 2. The third kappa shape index (κ3) is 4.83. The van der Waals surface area contributed by atoms with Gasteiger partial charge in [-0.3, -0.25) is 9.59 Å². The number of carbonyl (C=O) groups excluding carboxylic acids is 2. The van der Waals surface area contributed by atoms with Gasteiger partial charge in [-0.15, -0.1) is 0 Å². The fraction of sp³-hybridized carbons (Fsp3) is 0.500. The van der Waals surface area contributed by atoms with Crippen LogP contribution in [0.2, 0.25) is 10.0 Å². The summed E-state index contributed by atoms with van der Waals surface area (Å²) < 4.78 is 4.94. The maximum Gasteiger partial charge on any atom is 0.255 e. The Morgan fingerprint density at radius 2 is 1.83 bits per heavy atom. The van der Waals surface area contributed by atoms with E-state index in [1.807, 2.05) is 0 Å². The van der Waals surface area contributed by atoms with Gasteiger partial charge in [0.15, 0.2) is 0 Å². The van der Waals surface area contributed by atoms with E-state index in [1.165, 1.54) is 0 Å². The van der Waals surface area contributed by atoms with Crippen molar-refractivity contribution in [1.82, 2.24) is 9.80 Å². The van der Waals surface area contributed by atoms with E-state index in [9.17, 15) is 9.59 Å². The van der Waals surface area contributed by atoms with Gasteiger partial charge in [-0.25, -0.2) is 0 Å². The lowest BCUT2D eigenvalue weighted by Gasteiger charge is -2.22. The second-order valence-electron chi connectivity index (χ2n) is 5.39. The van der Waals surface area contributed by atoms with E-state index in [0.717, 1.165) is 6.42 Å². The van der Waals surface area contributed by atoms with Crippen LogP contribution in [-0.4, -0.2) is 61.5 Å². The standard InChI is InChI=1S/C16H20Cl2N2O3/c1-23-10-5-15(21)19-6-2-7-20(9-8-19)16(22)13-11-12(17)3-4-14(13)18/h3-4,11H,2,5-10H2,1H3. The Balaban J connectivity index is 2.01. The number of rotatable bonds is 4. The first-order chi connectivity index (χ1) is 11.0. The quantitative estimate of drug-likeness (QED) is 0.831. The third-order valence-electron chi connectivity index (χ3n) is 3.81. The summed E-state index contributed by atoms with van der Waals surface area (Å²) in [5.41, 5.74) is 0.401. The Kier molecular flexibility index (Phi) is 6.69. The lowest BCUT2D eigenvalue weighted by atomic mass is 10.2. The minimum atomic E-state index is -0.149. The highest BCUT2D eigenvalue weighted by Crippen LogP contribution is 2.22. The fourth-order valence-electron chi connectivity index (χ4n) is 2.55. The van der Waals surface area contributed by atoms with E-state index < -0.39 is 0 Å². The Labute approximate surface area is 146 Å². The molecule has 126 valence electrons. The van der Waals surface area contributed by atoms with Crippen LogP contribution in [0.4, 0.5) is 0 Å². The van der Waals surface area contributed by atoms with E-state index >= 15 is 0 Å². The molecule has 7 heteroatoms.